The summed E-state index contributed by atoms with van der Waals surface area (Å²) in [4.78, 5) is 21.8. The zero-order valence-electron chi connectivity index (χ0n) is 16.7. The predicted octanol–water partition coefficient (Wildman–Crippen LogP) is 4.00. The predicted molar refractivity (Wildman–Crippen MR) is 108 cm³/mol. The van der Waals surface area contributed by atoms with E-state index in [-0.39, 0.29) is 5.82 Å². The van der Waals surface area contributed by atoms with Gasteiger partial charge >= 0.3 is 5.97 Å². The van der Waals surface area contributed by atoms with Crippen molar-refractivity contribution in [1.82, 2.24) is 9.88 Å². The van der Waals surface area contributed by atoms with Crippen LogP contribution >= 0.6 is 0 Å². The summed E-state index contributed by atoms with van der Waals surface area (Å²) in [5.74, 6) is -0.719. The van der Waals surface area contributed by atoms with E-state index in [4.69, 9.17) is 4.74 Å². The van der Waals surface area contributed by atoms with E-state index in [1.807, 2.05) is 0 Å². The second kappa shape index (κ2) is 8.03. The van der Waals surface area contributed by atoms with Gasteiger partial charge in [0.05, 0.1) is 17.8 Å². The summed E-state index contributed by atoms with van der Waals surface area (Å²) in [7, 11) is 0. The Kier molecular flexibility index (Phi) is 5.49. The number of anilines is 1. The van der Waals surface area contributed by atoms with Gasteiger partial charge in [-0.3, -0.25) is 9.88 Å². The third kappa shape index (κ3) is 3.58. The lowest BCUT2D eigenvalue weighted by Gasteiger charge is -2.40. The number of hydrogen-bond donors (Lipinski definition) is 0. The number of nitrogens with zero attached hydrogens (tertiary/aromatic N) is 3. The van der Waals surface area contributed by atoms with E-state index in [0.29, 0.717) is 35.2 Å². The molecule has 6 heteroatoms. The van der Waals surface area contributed by atoms with Crippen LogP contribution in [0.1, 0.15) is 49.9 Å². The number of fused-ring (bicyclic) bond motifs is 1. The summed E-state index contributed by atoms with van der Waals surface area (Å²) in [5, 5.41) is 0.679. The smallest absolute Gasteiger partial charge is 0.341 e. The zero-order chi connectivity index (χ0) is 19.7. The highest BCUT2D eigenvalue weighted by molar-refractivity contribution is 6.05. The van der Waals surface area contributed by atoms with Gasteiger partial charge in [0.2, 0.25) is 0 Å². The number of pyridine rings is 1. The first kappa shape index (κ1) is 19.1. The first-order chi connectivity index (χ1) is 13.6. The first-order valence-corrected chi connectivity index (χ1v) is 10.3. The molecule has 5 nitrogen and oxygen atoms in total. The Labute approximate surface area is 165 Å². The molecular weight excluding hydrogens is 357 g/mol. The van der Waals surface area contributed by atoms with E-state index in [0.717, 1.165) is 31.6 Å². The molecule has 4 rings (SSSR count). The van der Waals surface area contributed by atoms with Crippen molar-refractivity contribution in [2.24, 2.45) is 0 Å². The number of rotatable bonds is 4. The maximum atomic E-state index is 14.0. The first-order valence-electron chi connectivity index (χ1n) is 10.3. The Bertz CT molecular complexity index is 864. The number of carbonyl (C=O) groups excluding carboxylic acids is 1. The quantitative estimate of drug-likeness (QED) is 0.745. The fourth-order valence-electron chi connectivity index (χ4n) is 4.77. The van der Waals surface area contributed by atoms with Gasteiger partial charge in [0.1, 0.15) is 11.4 Å². The largest absolute Gasteiger partial charge is 0.462 e. The van der Waals surface area contributed by atoms with Crippen LogP contribution in [0.2, 0.25) is 0 Å². The molecule has 2 aliphatic rings. The van der Waals surface area contributed by atoms with Crippen molar-refractivity contribution >= 4 is 22.6 Å². The summed E-state index contributed by atoms with van der Waals surface area (Å²) in [6, 6.07) is 5.80. The summed E-state index contributed by atoms with van der Waals surface area (Å²) in [6.07, 6.45) is 6.23. The fourth-order valence-corrected chi connectivity index (χ4v) is 4.77. The van der Waals surface area contributed by atoms with Gasteiger partial charge < -0.3 is 9.64 Å². The number of benzene rings is 1. The van der Waals surface area contributed by atoms with Crippen LogP contribution in [0.4, 0.5) is 10.1 Å². The number of piperidine rings is 1. The van der Waals surface area contributed by atoms with Gasteiger partial charge in [0, 0.05) is 36.8 Å². The molecule has 1 atom stereocenters. The van der Waals surface area contributed by atoms with Gasteiger partial charge in [0.25, 0.3) is 0 Å². The number of carbonyl (C=O) groups is 1. The Hall–Kier alpha value is -2.21. The minimum atomic E-state index is -0.397. The monoisotopic (exact) mass is 385 g/mol. The average molecular weight is 385 g/mol. The highest BCUT2D eigenvalue weighted by atomic mass is 19.1. The molecule has 28 heavy (non-hydrogen) atoms. The number of likely N-dealkylation sites (tertiary alicyclic amines) is 1. The molecule has 0 amide bonds. The van der Waals surface area contributed by atoms with Crippen LogP contribution in [0.5, 0.6) is 0 Å². The lowest BCUT2D eigenvalue weighted by Crippen LogP contribution is -2.46. The van der Waals surface area contributed by atoms with E-state index in [1.165, 1.54) is 31.5 Å². The van der Waals surface area contributed by atoms with Crippen molar-refractivity contribution in [3.63, 3.8) is 0 Å². The van der Waals surface area contributed by atoms with Crippen LogP contribution in [0.25, 0.3) is 10.9 Å². The molecule has 2 aromatic rings. The normalized spacial score (nSPS) is 21.4. The van der Waals surface area contributed by atoms with Gasteiger partial charge in [-0.25, -0.2) is 9.18 Å². The molecule has 3 heterocycles. The number of aromatic nitrogens is 1. The molecule has 0 bridgehead atoms. The summed E-state index contributed by atoms with van der Waals surface area (Å²) < 4.78 is 19.3. The maximum Gasteiger partial charge on any atom is 0.341 e. The third-order valence-electron chi connectivity index (χ3n) is 6.15. The van der Waals surface area contributed by atoms with Crippen molar-refractivity contribution in [2.75, 3.05) is 31.1 Å². The van der Waals surface area contributed by atoms with E-state index in [9.17, 15) is 9.18 Å². The molecule has 0 N–H and O–H groups in total. The van der Waals surface area contributed by atoms with Crippen LogP contribution in [-0.2, 0) is 4.74 Å². The second-order valence-corrected chi connectivity index (χ2v) is 7.85. The second-order valence-electron chi connectivity index (χ2n) is 7.85. The number of halogens is 1. The molecule has 150 valence electrons. The van der Waals surface area contributed by atoms with Crippen LogP contribution < -0.4 is 4.90 Å². The van der Waals surface area contributed by atoms with E-state index < -0.39 is 5.97 Å². The third-order valence-corrected chi connectivity index (χ3v) is 6.15. The molecule has 1 aromatic carbocycles. The zero-order valence-corrected chi connectivity index (χ0v) is 16.7. The summed E-state index contributed by atoms with van der Waals surface area (Å²) in [5.41, 5.74) is 1.88. The van der Waals surface area contributed by atoms with Crippen molar-refractivity contribution in [3.8, 4) is 0 Å². The van der Waals surface area contributed by atoms with Gasteiger partial charge in [-0.15, -0.1) is 0 Å². The van der Waals surface area contributed by atoms with Gasteiger partial charge in [-0.05, 0) is 64.3 Å². The highest BCUT2D eigenvalue weighted by Crippen LogP contribution is 2.34. The van der Waals surface area contributed by atoms with Crippen molar-refractivity contribution in [2.45, 2.75) is 51.6 Å². The Morgan fingerprint density at radius 1 is 1.25 bits per heavy atom. The van der Waals surface area contributed by atoms with E-state index >= 15 is 0 Å². The van der Waals surface area contributed by atoms with Crippen LogP contribution in [0.15, 0.2) is 24.4 Å². The molecule has 2 fully saturated rings. The Morgan fingerprint density at radius 3 is 2.71 bits per heavy atom. The Balaban J connectivity index is 1.66. The summed E-state index contributed by atoms with van der Waals surface area (Å²) >= 11 is 0. The SMILES string of the molecule is CCOC(=O)c1cnc2ccc(F)cc2c1N1CCC(N2CCCC2C)CC1. The lowest BCUT2D eigenvalue weighted by atomic mass is 9.99. The molecule has 0 radical (unpaired) electrons. The Morgan fingerprint density at radius 2 is 2.04 bits per heavy atom. The van der Waals surface area contributed by atoms with Gasteiger partial charge in [-0.2, -0.15) is 0 Å². The molecule has 2 saturated heterocycles. The number of esters is 1. The highest BCUT2D eigenvalue weighted by Gasteiger charge is 2.32. The minimum Gasteiger partial charge on any atom is -0.462 e. The van der Waals surface area contributed by atoms with Crippen molar-refractivity contribution in [3.05, 3.63) is 35.8 Å². The standard InChI is InChI=1S/C22H28FN3O2/c1-3-28-22(27)19-14-24-20-7-6-16(23)13-18(20)21(19)25-11-8-17(9-12-25)26-10-4-5-15(26)2/h6-7,13-15,17H,3-5,8-12H2,1-2H3. The fraction of sp³-hybridized carbons (Fsp3) is 0.545. The van der Waals surface area contributed by atoms with Gasteiger partial charge in [0.15, 0.2) is 0 Å². The lowest BCUT2D eigenvalue weighted by molar-refractivity contribution is 0.0526. The van der Waals surface area contributed by atoms with Crippen LogP contribution in [0, 0.1) is 5.82 Å². The topological polar surface area (TPSA) is 45.7 Å². The number of ether oxygens (including phenoxy) is 1. The molecular formula is C22H28FN3O2. The van der Waals surface area contributed by atoms with Crippen molar-refractivity contribution < 1.29 is 13.9 Å². The van der Waals surface area contributed by atoms with Crippen LogP contribution in [0.3, 0.4) is 0 Å². The maximum absolute atomic E-state index is 14.0. The molecule has 1 unspecified atom stereocenters. The van der Waals surface area contributed by atoms with E-state index in [1.54, 1.807) is 19.2 Å². The summed E-state index contributed by atoms with van der Waals surface area (Å²) in [6.45, 7) is 7.27. The molecule has 1 aromatic heterocycles. The van der Waals surface area contributed by atoms with E-state index in [2.05, 4.69) is 21.7 Å². The van der Waals surface area contributed by atoms with Gasteiger partial charge in [-0.1, -0.05) is 0 Å². The minimum absolute atomic E-state index is 0.300. The number of hydrogen-bond acceptors (Lipinski definition) is 5. The molecule has 0 saturated carbocycles. The average Bonchev–Trinajstić information content (AvgIpc) is 3.13. The molecule has 0 spiro atoms. The molecule has 0 aliphatic carbocycles. The van der Waals surface area contributed by atoms with Crippen molar-refractivity contribution in [1.29, 1.82) is 0 Å². The molecule has 2 aliphatic heterocycles. The van der Waals surface area contributed by atoms with Crippen LogP contribution in [-0.4, -0.2) is 54.2 Å².